The SMILES string of the molecule is C#Cc1ccccc1-c1ccc(Nc2ccccc2)cc1. The first-order chi connectivity index (χ1) is 10.4. The molecule has 0 heterocycles. The predicted octanol–water partition coefficient (Wildman–Crippen LogP) is 5.08. The maximum atomic E-state index is 5.56. The minimum atomic E-state index is 0.918. The number of hydrogen-bond donors (Lipinski definition) is 1. The molecule has 0 aliphatic rings. The Labute approximate surface area is 125 Å². The molecule has 1 heteroatoms. The number of rotatable bonds is 3. The number of benzene rings is 3. The molecule has 0 fully saturated rings. The van der Waals surface area contributed by atoms with Crippen LogP contribution in [0.1, 0.15) is 5.56 Å². The van der Waals surface area contributed by atoms with E-state index in [1.165, 1.54) is 0 Å². The molecule has 3 aromatic rings. The van der Waals surface area contributed by atoms with Crippen LogP contribution in [0.15, 0.2) is 78.9 Å². The summed E-state index contributed by atoms with van der Waals surface area (Å²) in [5.41, 5.74) is 5.27. The van der Waals surface area contributed by atoms with Gasteiger partial charge < -0.3 is 5.32 Å². The van der Waals surface area contributed by atoms with Crippen LogP contribution in [-0.4, -0.2) is 0 Å². The quantitative estimate of drug-likeness (QED) is 0.654. The lowest BCUT2D eigenvalue weighted by Gasteiger charge is -2.09. The van der Waals surface area contributed by atoms with Gasteiger partial charge in [-0.1, -0.05) is 54.5 Å². The molecule has 100 valence electrons. The van der Waals surface area contributed by atoms with Crippen molar-refractivity contribution < 1.29 is 0 Å². The van der Waals surface area contributed by atoms with Crippen molar-refractivity contribution in [3.63, 3.8) is 0 Å². The zero-order valence-corrected chi connectivity index (χ0v) is 11.6. The van der Waals surface area contributed by atoms with Crippen LogP contribution in [0.25, 0.3) is 11.1 Å². The standard InChI is InChI=1S/C20H15N/c1-2-16-8-6-7-11-20(16)17-12-14-19(15-13-17)21-18-9-4-3-5-10-18/h1,3-15,21H. The minimum Gasteiger partial charge on any atom is -0.356 e. The first kappa shape index (κ1) is 13.0. The molecule has 0 aliphatic carbocycles. The molecule has 0 saturated carbocycles. The van der Waals surface area contributed by atoms with Gasteiger partial charge in [0.15, 0.2) is 0 Å². The summed E-state index contributed by atoms with van der Waals surface area (Å²) >= 11 is 0. The van der Waals surface area contributed by atoms with Crippen molar-refractivity contribution in [1.29, 1.82) is 0 Å². The molecule has 1 N–H and O–H groups in total. The summed E-state index contributed by atoms with van der Waals surface area (Å²) in [4.78, 5) is 0. The Balaban J connectivity index is 1.86. The first-order valence-corrected chi connectivity index (χ1v) is 6.85. The highest BCUT2D eigenvalue weighted by molar-refractivity contribution is 5.73. The van der Waals surface area contributed by atoms with E-state index in [-0.39, 0.29) is 0 Å². The highest BCUT2D eigenvalue weighted by atomic mass is 14.9. The van der Waals surface area contributed by atoms with E-state index in [4.69, 9.17) is 6.42 Å². The van der Waals surface area contributed by atoms with Crippen molar-refractivity contribution >= 4 is 11.4 Å². The fraction of sp³-hybridized carbons (Fsp3) is 0. The summed E-state index contributed by atoms with van der Waals surface area (Å²) in [6.45, 7) is 0. The molecular formula is C20H15N. The van der Waals surface area contributed by atoms with Crippen molar-refractivity contribution in [3.05, 3.63) is 84.4 Å². The average Bonchev–Trinajstić information content (AvgIpc) is 2.56. The Kier molecular flexibility index (Phi) is 3.71. The number of anilines is 2. The molecule has 0 radical (unpaired) electrons. The second kappa shape index (κ2) is 5.98. The van der Waals surface area contributed by atoms with Gasteiger partial charge in [-0.2, -0.15) is 0 Å². The molecule has 0 saturated heterocycles. The molecule has 0 bridgehead atoms. The van der Waals surface area contributed by atoms with E-state index in [9.17, 15) is 0 Å². The second-order valence-corrected chi connectivity index (χ2v) is 4.76. The maximum absolute atomic E-state index is 5.56. The van der Waals surface area contributed by atoms with Gasteiger partial charge in [0.2, 0.25) is 0 Å². The largest absolute Gasteiger partial charge is 0.356 e. The van der Waals surface area contributed by atoms with E-state index in [0.717, 1.165) is 28.1 Å². The molecule has 0 aromatic heterocycles. The van der Waals surface area contributed by atoms with E-state index < -0.39 is 0 Å². The van der Waals surface area contributed by atoms with Crippen LogP contribution < -0.4 is 5.32 Å². The van der Waals surface area contributed by atoms with Crippen LogP contribution >= 0.6 is 0 Å². The van der Waals surface area contributed by atoms with E-state index >= 15 is 0 Å². The van der Waals surface area contributed by atoms with Gasteiger partial charge in [0.1, 0.15) is 0 Å². The molecule has 3 rings (SSSR count). The molecule has 21 heavy (non-hydrogen) atoms. The second-order valence-electron chi connectivity index (χ2n) is 4.76. The van der Waals surface area contributed by atoms with Crippen LogP contribution in [0.5, 0.6) is 0 Å². The van der Waals surface area contributed by atoms with Crippen molar-refractivity contribution in [2.24, 2.45) is 0 Å². The van der Waals surface area contributed by atoms with E-state index in [2.05, 4.69) is 41.6 Å². The predicted molar refractivity (Wildman–Crippen MR) is 89.5 cm³/mol. The van der Waals surface area contributed by atoms with Gasteiger partial charge in [-0.05, 0) is 41.5 Å². The van der Waals surface area contributed by atoms with E-state index in [0.29, 0.717) is 0 Å². The van der Waals surface area contributed by atoms with E-state index in [1.807, 2.05) is 48.5 Å². The summed E-state index contributed by atoms with van der Waals surface area (Å²) < 4.78 is 0. The van der Waals surface area contributed by atoms with Crippen molar-refractivity contribution in [2.75, 3.05) is 5.32 Å². The number of terminal acetylenes is 1. The Morgan fingerprint density at radius 2 is 1.29 bits per heavy atom. The molecule has 0 unspecified atom stereocenters. The van der Waals surface area contributed by atoms with Gasteiger partial charge in [0, 0.05) is 16.9 Å². The third-order valence-corrected chi connectivity index (χ3v) is 3.34. The van der Waals surface area contributed by atoms with Gasteiger partial charge in [0.05, 0.1) is 0 Å². The molecular weight excluding hydrogens is 254 g/mol. The topological polar surface area (TPSA) is 12.0 Å². The fourth-order valence-electron chi connectivity index (χ4n) is 2.28. The van der Waals surface area contributed by atoms with Crippen LogP contribution in [0.3, 0.4) is 0 Å². The Morgan fingerprint density at radius 3 is 2.00 bits per heavy atom. The molecule has 0 spiro atoms. The lowest BCUT2D eigenvalue weighted by molar-refractivity contribution is 1.53. The van der Waals surface area contributed by atoms with Crippen molar-refractivity contribution in [1.82, 2.24) is 0 Å². The van der Waals surface area contributed by atoms with Crippen LogP contribution in [0, 0.1) is 12.3 Å². The Bertz CT molecular complexity index is 765. The van der Waals surface area contributed by atoms with Gasteiger partial charge in [-0.25, -0.2) is 0 Å². The molecule has 0 amide bonds. The van der Waals surface area contributed by atoms with Gasteiger partial charge >= 0.3 is 0 Å². The third-order valence-electron chi connectivity index (χ3n) is 3.34. The van der Waals surface area contributed by atoms with Crippen LogP contribution in [0.4, 0.5) is 11.4 Å². The Hall–Kier alpha value is -2.98. The van der Waals surface area contributed by atoms with Crippen molar-refractivity contribution in [2.45, 2.75) is 0 Å². The van der Waals surface area contributed by atoms with Crippen LogP contribution in [-0.2, 0) is 0 Å². The van der Waals surface area contributed by atoms with Crippen LogP contribution in [0.2, 0.25) is 0 Å². The summed E-state index contributed by atoms with van der Waals surface area (Å²) in [6, 6.07) is 26.4. The number of nitrogens with one attached hydrogen (secondary N) is 1. The lowest BCUT2D eigenvalue weighted by atomic mass is 10.00. The summed E-state index contributed by atoms with van der Waals surface area (Å²) in [6.07, 6.45) is 5.56. The van der Waals surface area contributed by atoms with Gasteiger partial charge in [0.25, 0.3) is 0 Å². The number of para-hydroxylation sites is 1. The van der Waals surface area contributed by atoms with Gasteiger partial charge in [-0.3, -0.25) is 0 Å². The highest BCUT2D eigenvalue weighted by Crippen LogP contribution is 2.25. The van der Waals surface area contributed by atoms with Gasteiger partial charge in [-0.15, -0.1) is 6.42 Å². The minimum absolute atomic E-state index is 0.918. The molecule has 0 aliphatic heterocycles. The summed E-state index contributed by atoms with van der Waals surface area (Å²) in [5, 5.41) is 3.37. The lowest BCUT2D eigenvalue weighted by Crippen LogP contribution is -1.90. The monoisotopic (exact) mass is 269 g/mol. The maximum Gasteiger partial charge on any atom is 0.0384 e. The zero-order valence-electron chi connectivity index (χ0n) is 11.6. The number of hydrogen-bond acceptors (Lipinski definition) is 1. The summed E-state index contributed by atoms with van der Waals surface area (Å²) in [7, 11) is 0. The molecule has 1 nitrogen and oxygen atoms in total. The highest BCUT2D eigenvalue weighted by Gasteiger charge is 2.02. The molecule has 3 aromatic carbocycles. The van der Waals surface area contributed by atoms with Crippen molar-refractivity contribution in [3.8, 4) is 23.5 Å². The Morgan fingerprint density at radius 1 is 0.667 bits per heavy atom. The average molecular weight is 269 g/mol. The smallest absolute Gasteiger partial charge is 0.0384 e. The third kappa shape index (κ3) is 2.96. The zero-order chi connectivity index (χ0) is 14.5. The normalized spacial score (nSPS) is 9.86. The molecule has 0 atom stereocenters. The first-order valence-electron chi connectivity index (χ1n) is 6.85. The fourth-order valence-corrected chi connectivity index (χ4v) is 2.28. The summed E-state index contributed by atoms with van der Waals surface area (Å²) in [5.74, 6) is 2.73. The van der Waals surface area contributed by atoms with E-state index in [1.54, 1.807) is 0 Å².